The lowest BCUT2D eigenvalue weighted by Gasteiger charge is -2.22. The van der Waals surface area contributed by atoms with Crippen molar-refractivity contribution in [3.63, 3.8) is 0 Å². The maximum atomic E-state index is 12.5. The van der Waals surface area contributed by atoms with Crippen LogP contribution in [0, 0.1) is 0 Å². The number of nitrogens with one attached hydrogen (secondary N) is 1. The highest BCUT2D eigenvalue weighted by Crippen LogP contribution is 2.14. The summed E-state index contributed by atoms with van der Waals surface area (Å²) < 4.78 is 5.30. The van der Waals surface area contributed by atoms with Gasteiger partial charge in [-0.15, -0.1) is 0 Å². The van der Waals surface area contributed by atoms with Crippen molar-refractivity contribution in [2.45, 2.75) is 26.4 Å². The molecular formula is C17H20N2O3. The molecule has 1 atom stereocenters. The summed E-state index contributed by atoms with van der Waals surface area (Å²) in [4.78, 5) is 25.4. The first-order chi connectivity index (χ1) is 10.5. The normalized spacial score (nSPS) is 12.2. The van der Waals surface area contributed by atoms with Gasteiger partial charge in [-0.1, -0.05) is 0 Å². The van der Waals surface area contributed by atoms with Crippen LogP contribution in [-0.4, -0.2) is 29.7 Å². The molecule has 0 aliphatic rings. The fourth-order valence-corrected chi connectivity index (χ4v) is 2.15. The van der Waals surface area contributed by atoms with E-state index in [9.17, 15) is 9.59 Å². The van der Waals surface area contributed by atoms with Crippen LogP contribution in [0.25, 0.3) is 0 Å². The van der Waals surface area contributed by atoms with Crippen LogP contribution in [-0.2, 0) is 11.3 Å². The second-order valence-corrected chi connectivity index (χ2v) is 5.29. The first-order valence-corrected chi connectivity index (χ1v) is 7.12. The van der Waals surface area contributed by atoms with E-state index in [1.54, 1.807) is 30.5 Å². The topological polar surface area (TPSA) is 62.6 Å². The van der Waals surface area contributed by atoms with Gasteiger partial charge < -0.3 is 9.73 Å². The van der Waals surface area contributed by atoms with Crippen molar-refractivity contribution in [1.82, 2.24) is 4.90 Å². The molecule has 0 aliphatic heterocycles. The lowest BCUT2D eigenvalue weighted by molar-refractivity contribution is -0.114. The van der Waals surface area contributed by atoms with Gasteiger partial charge >= 0.3 is 0 Å². The number of hydrogen-bond acceptors (Lipinski definition) is 4. The summed E-state index contributed by atoms with van der Waals surface area (Å²) in [6.45, 7) is 3.89. The second kappa shape index (κ2) is 7.04. The molecular weight excluding hydrogens is 280 g/mol. The molecule has 116 valence electrons. The van der Waals surface area contributed by atoms with Crippen molar-refractivity contribution in [1.29, 1.82) is 0 Å². The minimum absolute atomic E-state index is 0.0310. The molecule has 1 aromatic carbocycles. The lowest BCUT2D eigenvalue weighted by atomic mass is 10.0. The van der Waals surface area contributed by atoms with E-state index in [4.69, 9.17) is 4.42 Å². The van der Waals surface area contributed by atoms with Crippen molar-refractivity contribution in [2.24, 2.45) is 0 Å². The van der Waals surface area contributed by atoms with Gasteiger partial charge in [0.05, 0.1) is 18.8 Å². The van der Waals surface area contributed by atoms with Crippen LogP contribution in [0.1, 0.15) is 30.0 Å². The summed E-state index contributed by atoms with van der Waals surface area (Å²) in [5.74, 6) is 0.720. The molecule has 1 aromatic heterocycles. The summed E-state index contributed by atoms with van der Waals surface area (Å²) in [6, 6.07) is 10.4. The van der Waals surface area contributed by atoms with Crippen LogP contribution < -0.4 is 5.32 Å². The average Bonchev–Trinajstić information content (AvgIpc) is 2.98. The third-order valence-electron chi connectivity index (χ3n) is 3.52. The molecule has 0 bridgehead atoms. The highest BCUT2D eigenvalue weighted by Gasteiger charge is 2.20. The number of carbonyl (C=O) groups is 2. The summed E-state index contributed by atoms with van der Waals surface area (Å²) in [5, 5.41) is 2.68. The predicted octanol–water partition coefficient (Wildman–Crippen LogP) is 2.94. The number of benzene rings is 1. The fraction of sp³-hybridized carbons (Fsp3) is 0.294. The van der Waals surface area contributed by atoms with Crippen molar-refractivity contribution >= 4 is 17.4 Å². The minimum Gasteiger partial charge on any atom is -0.468 e. The summed E-state index contributed by atoms with van der Waals surface area (Å²) in [7, 11) is 1.89. The molecule has 5 nitrogen and oxygen atoms in total. The van der Waals surface area contributed by atoms with E-state index in [0.29, 0.717) is 17.8 Å². The molecule has 1 heterocycles. The first-order valence-electron chi connectivity index (χ1n) is 7.12. The minimum atomic E-state index is -0.267. The Kier molecular flexibility index (Phi) is 5.12. The molecule has 5 heteroatoms. The number of Topliss-reactive ketones (excluding diaryl/α,β-unsaturated/α-hetero) is 1. The van der Waals surface area contributed by atoms with Gasteiger partial charge in [0.15, 0.2) is 5.78 Å². The Balaban J connectivity index is 2.01. The molecule has 2 rings (SSSR count). The quantitative estimate of drug-likeness (QED) is 0.833. The van der Waals surface area contributed by atoms with Crippen molar-refractivity contribution in [2.75, 3.05) is 12.4 Å². The maximum Gasteiger partial charge on any atom is 0.221 e. The summed E-state index contributed by atoms with van der Waals surface area (Å²) in [6.07, 6.45) is 1.62. The van der Waals surface area contributed by atoms with Crippen LogP contribution in [0.15, 0.2) is 47.1 Å². The zero-order valence-corrected chi connectivity index (χ0v) is 13.0. The van der Waals surface area contributed by atoms with Gasteiger partial charge in [-0.3, -0.25) is 14.5 Å². The zero-order chi connectivity index (χ0) is 16.1. The van der Waals surface area contributed by atoms with Gasteiger partial charge in [-0.25, -0.2) is 0 Å². The molecule has 22 heavy (non-hydrogen) atoms. The van der Waals surface area contributed by atoms with Crippen molar-refractivity contribution < 1.29 is 14.0 Å². The molecule has 0 spiro atoms. The number of anilines is 1. The Morgan fingerprint density at radius 2 is 1.91 bits per heavy atom. The van der Waals surface area contributed by atoms with Crippen LogP contribution >= 0.6 is 0 Å². The molecule has 0 fully saturated rings. The Hall–Kier alpha value is -2.40. The van der Waals surface area contributed by atoms with E-state index < -0.39 is 0 Å². The van der Waals surface area contributed by atoms with E-state index in [1.807, 2.05) is 31.0 Å². The largest absolute Gasteiger partial charge is 0.468 e. The molecule has 0 saturated heterocycles. The second-order valence-electron chi connectivity index (χ2n) is 5.29. The number of rotatable bonds is 6. The molecule has 0 unspecified atom stereocenters. The zero-order valence-electron chi connectivity index (χ0n) is 13.0. The van der Waals surface area contributed by atoms with Gasteiger partial charge in [0.1, 0.15) is 5.76 Å². The van der Waals surface area contributed by atoms with Gasteiger partial charge in [0.2, 0.25) is 5.91 Å². The lowest BCUT2D eigenvalue weighted by Crippen LogP contribution is -2.35. The molecule has 1 amide bonds. The Labute approximate surface area is 129 Å². The number of carbonyl (C=O) groups excluding carboxylic acids is 2. The third-order valence-corrected chi connectivity index (χ3v) is 3.52. The van der Waals surface area contributed by atoms with Gasteiger partial charge in [-0.05, 0) is 50.4 Å². The smallest absolute Gasteiger partial charge is 0.221 e. The SMILES string of the molecule is CC(=O)Nc1ccc(C(=O)[C@@H](C)N(C)Cc2ccco2)cc1. The monoisotopic (exact) mass is 300 g/mol. The summed E-state index contributed by atoms with van der Waals surface area (Å²) in [5.41, 5.74) is 1.30. The summed E-state index contributed by atoms with van der Waals surface area (Å²) >= 11 is 0. The number of amides is 1. The Morgan fingerprint density at radius 3 is 2.45 bits per heavy atom. The molecule has 0 aliphatic carbocycles. The van der Waals surface area contributed by atoms with Gasteiger partial charge in [0.25, 0.3) is 0 Å². The number of furan rings is 1. The van der Waals surface area contributed by atoms with Gasteiger partial charge in [-0.2, -0.15) is 0 Å². The van der Waals surface area contributed by atoms with Crippen LogP contribution in [0.5, 0.6) is 0 Å². The highest BCUT2D eigenvalue weighted by molar-refractivity contribution is 6.00. The molecule has 1 N–H and O–H groups in total. The molecule has 0 radical (unpaired) electrons. The van der Waals surface area contributed by atoms with E-state index in [1.165, 1.54) is 6.92 Å². The maximum absolute atomic E-state index is 12.5. The number of likely N-dealkylation sites (N-methyl/N-ethyl adjacent to an activating group) is 1. The van der Waals surface area contributed by atoms with E-state index in [0.717, 1.165) is 5.76 Å². The standard InChI is InChI=1S/C17H20N2O3/c1-12(19(3)11-16-5-4-10-22-16)17(21)14-6-8-15(9-7-14)18-13(2)20/h4-10,12H,11H2,1-3H3,(H,18,20)/t12-/m1/s1. The fourth-order valence-electron chi connectivity index (χ4n) is 2.15. The highest BCUT2D eigenvalue weighted by atomic mass is 16.3. The van der Waals surface area contributed by atoms with E-state index in [-0.39, 0.29) is 17.7 Å². The van der Waals surface area contributed by atoms with E-state index in [2.05, 4.69) is 5.32 Å². The van der Waals surface area contributed by atoms with Crippen molar-refractivity contribution in [3.8, 4) is 0 Å². The van der Waals surface area contributed by atoms with Crippen LogP contribution in [0.2, 0.25) is 0 Å². The predicted molar refractivity (Wildman–Crippen MR) is 84.7 cm³/mol. The van der Waals surface area contributed by atoms with Gasteiger partial charge in [0, 0.05) is 18.2 Å². The van der Waals surface area contributed by atoms with E-state index >= 15 is 0 Å². The van der Waals surface area contributed by atoms with Crippen LogP contribution in [0.3, 0.4) is 0 Å². The van der Waals surface area contributed by atoms with Crippen LogP contribution in [0.4, 0.5) is 5.69 Å². The average molecular weight is 300 g/mol. The Morgan fingerprint density at radius 1 is 1.23 bits per heavy atom. The number of hydrogen-bond donors (Lipinski definition) is 1. The Bertz CT molecular complexity index is 632. The van der Waals surface area contributed by atoms with Crippen molar-refractivity contribution in [3.05, 3.63) is 54.0 Å². The molecule has 2 aromatic rings. The third kappa shape index (κ3) is 4.05. The number of ketones is 1. The number of nitrogens with zero attached hydrogens (tertiary/aromatic N) is 1. The first kappa shape index (κ1) is 16.0. The molecule has 0 saturated carbocycles.